The molecule has 2 rings (SSSR count). The van der Waals surface area contributed by atoms with E-state index in [0.717, 1.165) is 11.3 Å². The second-order valence-electron chi connectivity index (χ2n) is 4.99. The maximum atomic E-state index is 6.15. The fourth-order valence-corrected chi connectivity index (χ4v) is 2.15. The van der Waals surface area contributed by atoms with Gasteiger partial charge in [0.05, 0.1) is 5.02 Å². The van der Waals surface area contributed by atoms with E-state index in [0.29, 0.717) is 22.4 Å². The SMILES string of the molecule is Cc1ccc(C(C)C)c(Oc2ccc(N)cc2Cl)c1. The molecule has 3 heteroatoms. The van der Waals surface area contributed by atoms with Gasteiger partial charge in [0.25, 0.3) is 0 Å². The van der Waals surface area contributed by atoms with E-state index in [1.54, 1.807) is 18.2 Å². The van der Waals surface area contributed by atoms with Crippen LogP contribution in [0.2, 0.25) is 5.02 Å². The van der Waals surface area contributed by atoms with Crippen LogP contribution in [0.15, 0.2) is 36.4 Å². The van der Waals surface area contributed by atoms with Crippen LogP contribution in [0, 0.1) is 6.92 Å². The molecule has 0 aliphatic carbocycles. The molecule has 2 aromatic rings. The van der Waals surface area contributed by atoms with Gasteiger partial charge in [-0.3, -0.25) is 0 Å². The van der Waals surface area contributed by atoms with E-state index in [1.807, 2.05) is 13.0 Å². The molecule has 0 fully saturated rings. The van der Waals surface area contributed by atoms with Crippen molar-refractivity contribution in [3.05, 3.63) is 52.5 Å². The Hall–Kier alpha value is -1.67. The molecular formula is C16H18ClNO. The number of hydrogen-bond acceptors (Lipinski definition) is 2. The molecule has 0 spiro atoms. The average molecular weight is 276 g/mol. The van der Waals surface area contributed by atoms with Crippen LogP contribution < -0.4 is 10.5 Å². The van der Waals surface area contributed by atoms with Crippen LogP contribution in [0.3, 0.4) is 0 Å². The lowest BCUT2D eigenvalue weighted by molar-refractivity contribution is 0.473. The topological polar surface area (TPSA) is 35.2 Å². The highest BCUT2D eigenvalue weighted by Gasteiger charge is 2.11. The minimum absolute atomic E-state index is 0.392. The van der Waals surface area contributed by atoms with Crippen molar-refractivity contribution in [3.63, 3.8) is 0 Å². The summed E-state index contributed by atoms with van der Waals surface area (Å²) in [5.41, 5.74) is 8.64. The number of anilines is 1. The maximum absolute atomic E-state index is 6.15. The minimum Gasteiger partial charge on any atom is -0.455 e. The first-order valence-corrected chi connectivity index (χ1v) is 6.68. The molecule has 0 heterocycles. The molecular weight excluding hydrogens is 258 g/mol. The van der Waals surface area contributed by atoms with E-state index in [2.05, 4.69) is 26.0 Å². The molecule has 0 saturated heterocycles. The van der Waals surface area contributed by atoms with Crippen molar-refractivity contribution < 1.29 is 4.74 Å². The molecule has 100 valence electrons. The van der Waals surface area contributed by atoms with Crippen LogP contribution in [0.5, 0.6) is 11.5 Å². The van der Waals surface area contributed by atoms with Crippen molar-refractivity contribution in [2.75, 3.05) is 5.73 Å². The second kappa shape index (κ2) is 5.54. The number of nitrogens with two attached hydrogens (primary N) is 1. The summed E-state index contributed by atoms with van der Waals surface area (Å²) >= 11 is 6.15. The number of rotatable bonds is 3. The Labute approximate surface area is 119 Å². The number of nitrogen functional groups attached to an aromatic ring is 1. The molecule has 0 atom stereocenters. The zero-order valence-corrected chi connectivity index (χ0v) is 12.2. The van der Waals surface area contributed by atoms with Gasteiger partial charge >= 0.3 is 0 Å². The summed E-state index contributed by atoms with van der Waals surface area (Å²) in [5.74, 6) is 1.87. The minimum atomic E-state index is 0.392. The van der Waals surface area contributed by atoms with Crippen LogP contribution in [0.25, 0.3) is 0 Å². The lowest BCUT2D eigenvalue weighted by atomic mass is 10.0. The van der Waals surface area contributed by atoms with E-state index in [1.165, 1.54) is 5.56 Å². The van der Waals surface area contributed by atoms with Gasteiger partial charge in [0.1, 0.15) is 11.5 Å². The molecule has 0 amide bonds. The lowest BCUT2D eigenvalue weighted by Crippen LogP contribution is -1.95. The molecule has 0 radical (unpaired) electrons. The van der Waals surface area contributed by atoms with Gasteiger partial charge in [-0.05, 0) is 48.2 Å². The maximum Gasteiger partial charge on any atom is 0.146 e. The summed E-state index contributed by atoms with van der Waals surface area (Å²) in [4.78, 5) is 0. The van der Waals surface area contributed by atoms with Gasteiger partial charge in [0, 0.05) is 5.69 Å². The van der Waals surface area contributed by atoms with Gasteiger partial charge in [-0.15, -0.1) is 0 Å². The third-order valence-electron chi connectivity index (χ3n) is 2.97. The van der Waals surface area contributed by atoms with Crippen molar-refractivity contribution in [1.82, 2.24) is 0 Å². The van der Waals surface area contributed by atoms with Crippen molar-refractivity contribution in [1.29, 1.82) is 0 Å². The molecule has 2 nitrogen and oxygen atoms in total. The third-order valence-corrected chi connectivity index (χ3v) is 3.26. The first-order valence-electron chi connectivity index (χ1n) is 6.31. The van der Waals surface area contributed by atoms with Crippen LogP contribution in [0.1, 0.15) is 30.9 Å². The summed E-state index contributed by atoms with van der Waals surface area (Å²) in [7, 11) is 0. The first kappa shape index (κ1) is 13.8. The fraction of sp³-hybridized carbons (Fsp3) is 0.250. The Bertz CT molecular complexity index is 593. The second-order valence-corrected chi connectivity index (χ2v) is 5.40. The summed E-state index contributed by atoms with van der Waals surface area (Å²) in [6.45, 7) is 6.33. The van der Waals surface area contributed by atoms with Crippen molar-refractivity contribution >= 4 is 17.3 Å². The van der Waals surface area contributed by atoms with Gasteiger partial charge in [-0.2, -0.15) is 0 Å². The number of hydrogen-bond donors (Lipinski definition) is 1. The molecule has 19 heavy (non-hydrogen) atoms. The Morgan fingerprint density at radius 3 is 2.42 bits per heavy atom. The van der Waals surface area contributed by atoms with E-state index in [9.17, 15) is 0 Å². The number of aryl methyl sites for hydroxylation is 1. The quantitative estimate of drug-likeness (QED) is 0.787. The monoisotopic (exact) mass is 275 g/mol. The van der Waals surface area contributed by atoms with Gasteiger partial charge in [0.15, 0.2) is 0 Å². The van der Waals surface area contributed by atoms with Crippen LogP contribution >= 0.6 is 11.6 Å². The van der Waals surface area contributed by atoms with Crippen molar-refractivity contribution in [3.8, 4) is 11.5 Å². The summed E-state index contributed by atoms with van der Waals surface area (Å²) in [6.07, 6.45) is 0. The highest BCUT2D eigenvalue weighted by Crippen LogP contribution is 2.35. The Morgan fingerprint density at radius 1 is 1.05 bits per heavy atom. The fourth-order valence-electron chi connectivity index (χ4n) is 1.93. The highest BCUT2D eigenvalue weighted by atomic mass is 35.5. The van der Waals surface area contributed by atoms with E-state index < -0.39 is 0 Å². The van der Waals surface area contributed by atoms with E-state index >= 15 is 0 Å². The number of benzene rings is 2. The van der Waals surface area contributed by atoms with E-state index in [-0.39, 0.29) is 0 Å². The van der Waals surface area contributed by atoms with Crippen LogP contribution in [0.4, 0.5) is 5.69 Å². The Morgan fingerprint density at radius 2 is 1.79 bits per heavy atom. The normalized spacial score (nSPS) is 10.8. The number of ether oxygens (including phenoxy) is 1. The van der Waals surface area contributed by atoms with Gasteiger partial charge in [0.2, 0.25) is 0 Å². The molecule has 0 aromatic heterocycles. The predicted octanol–water partition coefficient (Wildman–Crippen LogP) is 5.15. The molecule has 0 saturated carbocycles. The largest absolute Gasteiger partial charge is 0.455 e. The summed E-state index contributed by atoms with van der Waals surface area (Å²) in [6, 6.07) is 11.5. The molecule has 0 aliphatic heterocycles. The Kier molecular flexibility index (Phi) is 4.01. The zero-order chi connectivity index (χ0) is 14.0. The van der Waals surface area contributed by atoms with Crippen LogP contribution in [-0.2, 0) is 0 Å². The average Bonchev–Trinajstić information content (AvgIpc) is 2.32. The van der Waals surface area contributed by atoms with Crippen molar-refractivity contribution in [2.24, 2.45) is 0 Å². The van der Waals surface area contributed by atoms with Crippen molar-refractivity contribution in [2.45, 2.75) is 26.7 Å². The molecule has 2 aromatic carbocycles. The smallest absolute Gasteiger partial charge is 0.146 e. The lowest BCUT2D eigenvalue weighted by Gasteiger charge is -2.15. The first-order chi connectivity index (χ1) is 8.97. The molecule has 0 aliphatic rings. The third kappa shape index (κ3) is 3.21. The molecule has 0 unspecified atom stereocenters. The standard InChI is InChI=1S/C16H18ClNO/c1-10(2)13-6-4-11(3)8-16(13)19-15-7-5-12(18)9-14(15)17/h4-10H,18H2,1-3H3. The van der Waals surface area contributed by atoms with Gasteiger partial charge < -0.3 is 10.5 Å². The van der Waals surface area contributed by atoms with Gasteiger partial charge in [-0.25, -0.2) is 0 Å². The summed E-state index contributed by atoms with van der Waals surface area (Å²) < 4.78 is 5.95. The van der Waals surface area contributed by atoms with E-state index in [4.69, 9.17) is 22.1 Å². The highest BCUT2D eigenvalue weighted by molar-refractivity contribution is 6.32. The zero-order valence-electron chi connectivity index (χ0n) is 11.4. The Balaban J connectivity index is 2.39. The molecule has 0 bridgehead atoms. The summed E-state index contributed by atoms with van der Waals surface area (Å²) in [5, 5.41) is 0.524. The van der Waals surface area contributed by atoms with Gasteiger partial charge in [-0.1, -0.05) is 37.6 Å². The van der Waals surface area contributed by atoms with Crippen LogP contribution in [-0.4, -0.2) is 0 Å². The molecule has 2 N–H and O–H groups in total. The predicted molar refractivity (Wildman–Crippen MR) is 81.2 cm³/mol. The number of halogens is 1.